The van der Waals surface area contributed by atoms with Crippen LogP contribution in [0, 0.1) is 0 Å². The maximum absolute atomic E-state index is 12.7. The number of rotatable bonds is 12. The zero-order valence-electron chi connectivity index (χ0n) is 19.5. The summed E-state index contributed by atoms with van der Waals surface area (Å²) >= 11 is 1.37. The van der Waals surface area contributed by atoms with Gasteiger partial charge >= 0.3 is 5.97 Å². The fraction of sp³-hybridized carbons (Fsp3) is 0.222. The molecule has 7 nitrogen and oxygen atoms in total. The second-order valence-corrected chi connectivity index (χ2v) is 8.59. The zero-order chi connectivity index (χ0) is 25.0. The molecule has 2 atom stereocenters. The third kappa shape index (κ3) is 7.61. The van der Waals surface area contributed by atoms with Crippen molar-refractivity contribution in [2.75, 3.05) is 20.0 Å². The molecule has 0 radical (unpaired) electrons. The molecule has 0 aliphatic heterocycles. The van der Waals surface area contributed by atoms with E-state index in [0.29, 0.717) is 29.9 Å². The molecule has 0 heterocycles. The highest BCUT2D eigenvalue weighted by Gasteiger charge is 2.20. The molecule has 3 aromatic rings. The Morgan fingerprint density at radius 3 is 2.37 bits per heavy atom. The molecule has 0 spiro atoms. The van der Waals surface area contributed by atoms with Crippen molar-refractivity contribution in [3.8, 4) is 11.5 Å². The van der Waals surface area contributed by atoms with Crippen LogP contribution in [0.1, 0.15) is 27.6 Å². The van der Waals surface area contributed by atoms with Gasteiger partial charge in [-0.3, -0.25) is 14.9 Å². The summed E-state index contributed by atoms with van der Waals surface area (Å²) in [4.78, 5) is 35.2. The number of benzene rings is 3. The van der Waals surface area contributed by atoms with Gasteiger partial charge in [0.2, 0.25) is 12.3 Å². The van der Waals surface area contributed by atoms with Gasteiger partial charge in [0, 0.05) is 0 Å². The van der Waals surface area contributed by atoms with Crippen molar-refractivity contribution in [2.45, 2.75) is 17.8 Å². The van der Waals surface area contributed by atoms with Gasteiger partial charge < -0.3 is 14.2 Å². The van der Waals surface area contributed by atoms with E-state index in [4.69, 9.17) is 14.2 Å². The third-order valence-electron chi connectivity index (χ3n) is 5.25. The van der Waals surface area contributed by atoms with Gasteiger partial charge in [0.15, 0.2) is 6.10 Å². The Labute approximate surface area is 208 Å². The van der Waals surface area contributed by atoms with Crippen molar-refractivity contribution in [2.24, 2.45) is 0 Å². The van der Waals surface area contributed by atoms with E-state index in [-0.39, 0.29) is 17.8 Å². The minimum Gasteiger partial charge on any atom is -0.497 e. The van der Waals surface area contributed by atoms with Crippen LogP contribution in [0.5, 0.6) is 11.5 Å². The van der Waals surface area contributed by atoms with E-state index in [9.17, 15) is 14.4 Å². The van der Waals surface area contributed by atoms with Gasteiger partial charge in [-0.05, 0) is 60.2 Å². The van der Waals surface area contributed by atoms with Gasteiger partial charge in [0.25, 0.3) is 0 Å². The monoisotopic (exact) mass is 493 g/mol. The Balaban J connectivity index is 1.70. The molecule has 0 fully saturated rings. The largest absolute Gasteiger partial charge is 0.497 e. The number of thioether (sulfide) groups is 1. The summed E-state index contributed by atoms with van der Waals surface area (Å²) in [6.07, 6.45) is 2.03. The van der Waals surface area contributed by atoms with E-state index < -0.39 is 12.1 Å². The summed E-state index contributed by atoms with van der Waals surface area (Å²) in [5.41, 5.74) is 2.12. The first kappa shape index (κ1) is 25.8. The van der Waals surface area contributed by atoms with Gasteiger partial charge in [0.1, 0.15) is 18.1 Å². The Bertz CT molecular complexity index is 1120. The fourth-order valence-electron chi connectivity index (χ4n) is 3.35. The van der Waals surface area contributed by atoms with Crippen LogP contribution in [0.3, 0.4) is 0 Å². The minimum atomic E-state index is -0.662. The molecule has 0 aliphatic rings. The minimum absolute atomic E-state index is 0.0975. The number of carbonyl (C=O) groups excluding carboxylic acids is 3. The second kappa shape index (κ2) is 13.2. The lowest BCUT2D eigenvalue weighted by Crippen LogP contribution is -2.32. The van der Waals surface area contributed by atoms with Crippen LogP contribution in [0.15, 0.2) is 78.9 Å². The maximum Gasteiger partial charge on any atom is 0.338 e. The first-order chi connectivity index (χ1) is 17.0. The van der Waals surface area contributed by atoms with Gasteiger partial charge in [0.05, 0.1) is 17.9 Å². The zero-order valence-corrected chi connectivity index (χ0v) is 20.3. The van der Waals surface area contributed by atoms with E-state index >= 15 is 0 Å². The Hall–Kier alpha value is -3.78. The average Bonchev–Trinajstić information content (AvgIpc) is 2.90. The molecule has 3 aromatic carbocycles. The molecule has 8 heteroatoms. The molecule has 2 amide bonds. The number of hydrogen-bond donors (Lipinski definition) is 1. The van der Waals surface area contributed by atoms with Crippen LogP contribution in [-0.2, 0) is 20.7 Å². The summed E-state index contributed by atoms with van der Waals surface area (Å²) in [6, 6.07) is 23.4. The molecule has 3 rings (SSSR count). The molecular formula is C27H27NO6S. The molecule has 0 aliphatic carbocycles. The molecule has 35 heavy (non-hydrogen) atoms. The lowest BCUT2D eigenvalue weighted by Gasteiger charge is -2.20. The van der Waals surface area contributed by atoms with Gasteiger partial charge in [-0.1, -0.05) is 42.5 Å². The lowest BCUT2D eigenvalue weighted by atomic mass is 10.1. The summed E-state index contributed by atoms with van der Waals surface area (Å²) in [7, 11) is 1.58. The quantitative estimate of drug-likeness (QED) is 0.298. The van der Waals surface area contributed by atoms with Crippen molar-refractivity contribution in [1.82, 2.24) is 5.32 Å². The molecule has 0 saturated carbocycles. The van der Waals surface area contributed by atoms with Crippen molar-refractivity contribution >= 4 is 30.0 Å². The Morgan fingerprint density at radius 2 is 1.71 bits per heavy atom. The highest BCUT2D eigenvalue weighted by Crippen LogP contribution is 2.25. The van der Waals surface area contributed by atoms with Crippen LogP contribution < -0.4 is 14.8 Å². The number of nitrogens with one attached hydrogen (secondary N) is 1. The summed E-state index contributed by atoms with van der Waals surface area (Å²) in [5, 5.41) is 1.82. The molecule has 0 bridgehead atoms. The van der Waals surface area contributed by atoms with Crippen LogP contribution in [0.25, 0.3) is 0 Å². The third-order valence-corrected chi connectivity index (χ3v) is 6.20. The SMILES string of the molecule is COc1cccc(C(COc2ccc(CC(SC)C(=O)NC=O)cc2)OC(=O)c2ccccc2)c1. The number of hydrogen-bond acceptors (Lipinski definition) is 7. The van der Waals surface area contributed by atoms with Crippen molar-refractivity contribution in [3.63, 3.8) is 0 Å². The molecular weight excluding hydrogens is 466 g/mol. The van der Waals surface area contributed by atoms with Crippen molar-refractivity contribution in [1.29, 1.82) is 0 Å². The van der Waals surface area contributed by atoms with E-state index in [0.717, 1.165) is 11.1 Å². The Kier molecular flexibility index (Phi) is 9.74. The predicted octanol–water partition coefficient (Wildman–Crippen LogP) is 4.22. The van der Waals surface area contributed by atoms with Crippen molar-refractivity contribution < 1.29 is 28.6 Å². The highest BCUT2D eigenvalue weighted by molar-refractivity contribution is 7.99. The van der Waals surface area contributed by atoms with Crippen molar-refractivity contribution in [3.05, 3.63) is 95.6 Å². The smallest absolute Gasteiger partial charge is 0.338 e. The molecule has 0 saturated heterocycles. The lowest BCUT2D eigenvalue weighted by molar-refractivity contribution is -0.124. The fourth-order valence-corrected chi connectivity index (χ4v) is 3.99. The van der Waals surface area contributed by atoms with Gasteiger partial charge in [-0.2, -0.15) is 11.8 Å². The molecule has 182 valence electrons. The van der Waals surface area contributed by atoms with Crippen LogP contribution >= 0.6 is 11.8 Å². The number of imide groups is 1. The van der Waals surface area contributed by atoms with Crippen LogP contribution in [-0.4, -0.2) is 43.5 Å². The Morgan fingerprint density at radius 1 is 0.971 bits per heavy atom. The topological polar surface area (TPSA) is 90.9 Å². The molecule has 1 N–H and O–H groups in total. The second-order valence-electron chi connectivity index (χ2n) is 7.55. The molecule has 0 aromatic heterocycles. The average molecular weight is 494 g/mol. The normalized spacial score (nSPS) is 12.2. The van der Waals surface area contributed by atoms with E-state index in [1.165, 1.54) is 11.8 Å². The van der Waals surface area contributed by atoms with E-state index in [2.05, 4.69) is 5.32 Å². The molecule has 2 unspecified atom stereocenters. The predicted molar refractivity (Wildman–Crippen MR) is 135 cm³/mol. The highest BCUT2D eigenvalue weighted by atomic mass is 32.2. The number of esters is 1. The maximum atomic E-state index is 12.7. The number of carbonyl (C=O) groups is 3. The summed E-state index contributed by atoms with van der Waals surface area (Å²) in [6.45, 7) is 0.0975. The van der Waals surface area contributed by atoms with Gasteiger partial charge in [-0.15, -0.1) is 0 Å². The van der Waals surface area contributed by atoms with Crippen LogP contribution in [0.4, 0.5) is 0 Å². The summed E-state index contributed by atoms with van der Waals surface area (Å²) in [5.74, 6) is 0.466. The standard InChI is InChI=1S/C27H27NO6S/c1-32-23-10-6-9-21(16-23)24(34-27(31)20-7-4-3-5-8-20)17-33-22-13-11-19(12-14-22)15-25(35-2)26(30)28-18-29/h3-14,16,18,24-25H,15,17H2,1-2H3,(H,28,29,30). The van der Waals surface area contributed by atoms with Crippen LogP contribution in [0.2, 0.25) is 0 Å². The first-order valence-corrected chi connectivity index (χ1v) is 12.2. The first-order valence-electron chi connectivity index (χ1n) is 10.9. The number of amides is 2. The van der Waals surface area contributed by atoms with E-state index in [1.807, 2.05) is 48.7 Å². The number of ether oxygens (including phenoxy) is 3. The summed E-state index contributed by atoms with van der Waals surface area (Å²) < 4.78 is 17.1. The number of methoxy groups -OCH3 is 1. The van der Waals surface area contributed by atoms with Gasteiger partial charge in [-0.25, -0.2) is 4.79 Å². The van der Waals surface area contributed by atoms with E-state index in [1.54, 1.807) is 43.5 Å².